The van der Waals surface area contributed by atoms with Crippen LogP contribution in [0, 0.1) is 11.8 Å². The molecular weight excluding hydrogens is 264 g/mol. The molecule has 1 aliphatic rings. The highest BCUT2D eigenvalue weighted by Gasteiger charge is 2.25. The van der Waals surface area contributed by atoms with Gasteiger partial charge in [0.15, 0.2) is 5.78 Å². The summed E-state index contributed by atoms with van der Waals surface area (Å²) in [5.74, 6) is 1.38. The van der Waals surface area contributed by atoms with Crippen LogP contribution in [-0.4, -0.2) is 5.78 Å². The van der Waals surface area contributed by atoms with E-state index < -0.39 is 0 Å². The number of Topliss-reactive ketones (excluding diaryl/α,β-unsaturated/α-hetero) is 1. The lowest BCUT2D eigenvalue weighted by molar-refractivity contribution is 0.0875. The van der Waals surface area contributed by atoms with E-state index in [0.29, 0.717) is 5.78 Å². The summed E-state index contributed by atoms with van der Waals surface area (Å²) in [6.07, 6.45) is 4.52. The zero-order valence-electron chi connectivity index (χ0n) is 9.58. The van der Waals surface area contributed by atoms with Gasteiger partial charge in [-0.3, -0.25) is 4.79 Å². The van der Waals surface area contributed by atoms with Crippen molar-refractivity contribution in [2.75, 3.05) is 0 Å². The summed E-state index contributed by atoms with van der Waals surface area (Å²) in [6, 6.07) is 7.74. The van der Waals surface area contributed by atoms with Crippen LogP contribution in [0.2, 0.25) is 0 Å². The Bertz CT molecular complexity index is 378. The van der Waals surface area contributed by atoms with Gasteiger partial charge in [0.05, 0.1) is 0 Å². The van der Waals surface area contributed by atoms with Crippen molar-refractivity contribution in [1.29, 1.82) is 0 Å². The fraction of sp³-hybridized carbons (Fsp3) is 0.500. The number of carbonyl (C=O) groups excluding carboxylic acids is 1. The third-order valence-electron chi connectivity index (χ3n) is 3.50. The van der Waals surface area contributed by atoms with Crippen molar-refractivity contribution in [3.63, 3.8) is 0 Å². The van der Waals surface area contributed by atoms with Crippen molar-refractivity contribution in [2.45, 2.75) is 32.6 Å². The Balaban J connectivity index is 2.08. The van der Waals surface area contributed by atoms with Crippen LogP contribution in [0.15, 0.2) is 28.7 Å². The van der Waals surface area contributed by atoms with Gasteiger partial charge in [-0.15, -0.1) is 0 Å². The summed E-state index contributed by atoms with van der Waals surface area (Å²) in [4.78, 5) is 12.2. The highest BCUT2D eigenvalue weighted by molar-refractivity contribution is 9.10. The highest BCUT2D eigenvalue weighted by Crippen LogP contribution is 2.30. The molecule has 0 radical (unpaired) electrons. The molecule has 2 rings (SSSR count). The fourth-order valence-electron chi connectivity index (χ4n) is 2.40. The Morgan fingerprint density at radius 1 is 1.25 bits per heavy atom. The Labute approximate surface area is 105 Å². The quantitative estimate of drug-likeness (QED) is 0.731. The molecule has 86 valence electrons. The minimum Gasteiger partial charge on any atom is -0.294 e. The van der Waals surface area contributed by atoms with Gasteiger partial charge in [-0.2, -0.15) is 0 Å². The van der Waals surface area contributed by atoms with Crippen LogP contribution in [-0.2, 0) is 0 Å². The molecule has 0 aromatic heterocycles. The van der Waals surface area contributed by atoms with Crippen molar-refractivity contribution in [2.24, 2.45) is 11.8 Å². The van der Waals surface area contributed by atoms with E-state index in [0.717, 1.165) is 28.8 Å². The van der Waals surface area contributed by atoms with E-state index in [1.807, 2.05) is 24.3 Å². The van der Waals surface area contributed by atoms with E-state index in [1.54, 1.807) is 0 Å². The molecule has 0 aliphatic heterocycles. The molecule has 0 atom stereocenters. The Morgan fingerprint density at radius 3 is 2.56 bits per heavy atom. The standard InChI is InChI=1S/C14H17BrO/c1-10-5-7-11(8-6-10)14(16)12-3-2-4-13(15)9-12/h2-4,9-11H,5-8H2,1H3. The second-order valence-electron chi connectivity index (χ2n) is 4.83. The minimum absolute atomic E-state index is 0.255. The van der Waals surface area contributed by atoms with Crippen LogP contribution >= 0.6 is 15.9 Å². The van der Waals surface area contributed by atoms with E-state index >= 15 is 0 Å². The molecule has 0 bridgehead atoms. The average molecular weight is 281 g/mol. The van der Waals surface area contributed by atoms with E-state index in [4.69, 9.17) is 0 Å². The van der Waals surface area contributed by atoms with Crippen molar-refractivity contribution < 1.29 is 4.79 Å². The van der Waals surface area contributed by atoms with Crippen molar-refractivity contribution in [3.8, 4) is 0 Å². The summed E-state index contributed by atoms with van der Waals surface area (Å²) in [6.45, 7) is 2.28. The van der Waals surface area contributed by atoms with E-state index in [9.17, 15) is 4.79 Å². The first-order valence-corrected chi connectivity index (χ1v) is 6.76. The first kappa shape index (κ1) is 11.8. The minimum atomic E-state index is 0.255. The maximum Gasteiger partial charge on any atom is 0.165 e. The van der Waals surface area contributed by atoms with Crippen molar-refractivity contribution in [3.05, 3.63) is 34.3 Å². The van der Waals surface area contributed by atoms with Crippen LogP contribution in [0.3, 0.4) is 0 Å². The average Bonchev–Trinajstić information content (AvgIpc) is 2.29. The third-order valence-corrected chi connectivity index (χ3v) is 3.99. The summed E-state index contributed by atoms with van der Waals surface area (Å²) >= 11 is 3.41. The fourth-order valence-corrected chi connectivity index (χ4v) is 2.80. The molecule has 1 nitrogen and oxygen atoms in total. The summed E-state index contributed by atoms with van der Waals surface area (Å²) in [7, 11) is 0. The van der Waals surface area contributed by atoms with E-state index in [1.165, 1.54) is 12.8 Å². The van der Waals surface area contributed by atoms with Gasteiger partial charge in [0.25, 0.3) is 0 Å². The van der Waals surface area contributed by atoms with E-state index in [2.05, 4.69) is 22.9 Å². The molecule has 0 amide bonds. The maximum atomic E-state index is 12.2. The predicted molar refractivity (Wildman–Crippen MR) is 69.6 cm³/mol. The molecule has 1 aromatic rings. The van der Waals surface area contributed by atoms with Gasteiger partial charge in [0, 0.05) is 16.0 Å². The van der Waals surface area contributed by atoms with Gasteiger partial charge < -0.3 is 0 Å². The number of ketones is 1. The number of hydrogen-bond donors (Lipinski definition) is 0. The van der Waals surface area contributed by atoms with Gasteiger partial charge in [-0.25, -0.2) is 0 Å². The van der Waals surface area contributed by atoms with Crippen molar-refractivity contribution in [1.82, 2.24) is 0 Å². The molecule has 16 heavy (non-hydrogen) atoms. The molecule has 0 unspecified atom stereocenters. The zero-order valence-corrected chi connectivity index (χ0v) is 11.2. The zero-order chi connectivity index (χ0) is 11.5. The van der Waals surface area contributed by atoms with Crippen LogP contribution in [0.25, 0.3) is 0 Å². The number of rotatable bonds is 2. The summed E-state index contributed by atoms with van der Waals surface area (Å²) in [5.41, 5.74) is 0.855. The summed E-state index contributed by atoms with van der Waals surface area (Å²) in [5, 5.41) is 0. The van der Waals surface area contributed by atoms with Gasteiger partial charge >= 0.3 is 0 Å². The van der Waals surface area contributed by atoms with Gasteiger partial charge in [-0.05, 0) is 30.9 Å². The lowest BCUT2D eigenvalue weighted by atomic mass is 9.79. The highest BCUT2D eigenvalue weighted by atomic mass is 79.9. The first-order valence-electron chi connectivity index (χ1n) is 5.96. The molecular formula is C14H17BrO. The van der Waals surface area contributed by atoms with Gasteiger partial charge in [0.1, 0.15) is 0 Å². The predicted octanol–water partition coefficient (Wildman–Crippen LogP) is 4.46. The van der Waals surface area contributed by atoms with Crippen LogP contribution in [0.5, 0.6) is 0 Å². The smallest absolute Gasteiger partial charge is 0.165 e. The lowest BCUT2D eigenvalue weighted by Crippen LogP contribution is -2.20. The monoisotopic (exact) mass is 280 g/mol. The molecule has 1 fully saturated rings. The number of carbonyl (C=O) groups is 1. The normalized spacial score (nSPS) is 25.4. The Hall–Kier alpha value is -0.630. The van der Waals surface area contributed by atoms with Crippen LogP contribution in [0.4, 0.5) is 0 Å². The molecule has 1 aromatic carbocycles. The van der Waals surface area contributed by atoms with Gasteiger partial charge in [-0.1, -0.05) is 47.8 Å². The largest absolute Gasteiger partial charge is 0.294 e. The topological polar surface area (TPSA) is 17.1 Å². The first-order chi connectivity index (χ1) is 7.66. The van der Waals surface area contributed by atoms with E-state index in [-0.39, 0.29) is 5.92 Å². The second kappa shape index (κ2) is 5.13. The lowest BCUT2D eigenvalue weighted by Gasteiger charge is -2.25. The number of hydrogen-bond acceptors (Lipinski definition) is 1. The Kier molecular flexibility index (Phi) is 3.80. The van der Waals surface area contributed by atoms with Crippen molar-refractivity contribution >= 4 is 21.7 Å². The molecule has 1 saturated carbocycles. The molecule has 0 heterocycles. The molecule has 0 saturated heterocycles. The second-order valence-corrected chi connectivity index (χ2v) is 5.75. The SMILES string of the molecule is CC1CCC(C(=O)c2cccc(Br)c2)CC1. The maximum absolute atomic E-state index is 12.2. The number of benzene rings is 1. The van der Waals surface area contributed by atoms with Crippen LogP contribution in [0.1, 0.15) is 43.0 Å². The van der Waals surface area contributed by atoms with Crippen LogP contribution < -0.4 is 0 Å². The molecule has 2 heteroatoms. The summed E-state index contributed by atoms with van der Waals surface area (Å²) < 4.78 is 0.988. The molecule has 1 aliphatic carbocycles. The molecule has 0 spiro atoms. The third kappa shape index (κ3) is 2.73. The van der Waals surface area contributed by atoms with Gasteiger partial charge in [0.2, 0.25) is 0 Å². The Morgan fingerprint density at radius 2 is 1.94 bits per heavy atom. The number of halogens is 1. The molecule has 0 N–H and O–H groups in total.